The first-order valence-electron chi connectivity index (χ1n) is 9.55. The Kier molecular flexibility index (Phi) is 5.98. The van der Waals surface area contributed by atoms with Crippen molar-refractivity contribution in [1.82, 2.24) is 14.8 Å². The van der Waals surface area contributed by atoms with E-state index in [0.717, 1.165) is 24.4 Å². The Morgan fingerprint density at radius 3 is 2.53 bits per heavy atom. The summed E-state index contributed by atoms with van der Waals surface area (Å²) in [5.74, 6) is 0.851. The smallest absolute Gasteiger partial charge is 0.387 e. The number of ether oxygens (including phenoxy) is 1. The molecule has 1 amide bonds. The van der Waals surface area contributed by atoms with Crippen LogP contribution in [0, 0.1) is 0 Å². The van der Waals surface area contributed by atoms with Crippen LogP contribution in [0.1, 0.15) is 31.5 Å². The van der Waals surface area contributed by atoms with E-state index in [-0.39, 0.29) is 17.3 Å². The minimum atomic E-state index is -2.97. The molecule has 0 radical (unpaired) electrons. The number of carbonyl (C=O) groups is 1. The second-order valence-corrected chi connectivity index (χ2v) is 8.22. The van der Waals surface area contributed by atoms with E-state index in [9.17, 15) is 13.6 Å². The maximum Gasteiger partial charge on any atom is 0.387 e. The molecule has 156 valence electrons. The predicted molar refractivity (Wildman–Crippen MR) is 110 cm³/mol. The summed E-state index contributed by atoms with van der Waals surface area (Å²) in [6.45, 7) is -1.24. The number of nitrogens with one attached hydrogen (secondary N) is 1. The number of carbonyl (C=O) groups excluding carboxylic acids is 1. The number of amides is 1. The lowest BCUT2D eigenvalue weighted by Crippen LogP contribution is -2.23. The fraction of sp³-hybridized carbons (Fsp3) is 0.286. The van der Waals surface area contributed by atoms with Crippen molar-refractivity contribution in [2.45, 2.75) is 42.7 Å². The Bertz CT molecular complexity index is 1020. The molecule has 1 fully saturated rings. The van der Waals surface area contributed by atoms with Crippen LogP contribution in [-0.4, -0.2) is 32.5 Å². The van der Waals surface area contributed by atoms with Crippen LogP contribution < -0.4 is 10.1 Å². The third kappa shape index (κ3) is 4.62. The maximum absolute atomic E-state index is 12.7. The minimum Gasteiger partial charge on any atom is -0.433 e. The highest BCUT2D eigenvalue weighted by Crippen LogP contribution is 2.41. The van der Waals surface area contributed by atoms with Gasteiger partial charge in [-0.2, -0.15) is 8.78 Å². The third-order valence-electron chi connectivity index (χ3n) is 4.63. The zero-order valence-electron chi connectivity index (χ0n) is 16.2. The molecule has 1 N–H and O–H groups in total. The second kappa shape index (κ2) is 8.83. The molecule has 1 aromatic heterocycles. The summed E-state index contributed by atoms with van der Waals surface area (Å²) in [6.07, 6.45) is 2.15. The Labute approximate surface area is 176 Å². The van der Waals surface area contributed by atoms with Gasteiger partial charge in [-0.15, -0.1) is 10.2 Å². The Balaban J connectivity index is 1.52. The molecule has 6 nitrogen and oxygen atoms in total. The number of nitrogens with zero attached hydrogens (tertiary/aromatic N) is 3. The van der Waals surface area contributed by atoms with Crippen LogP contribution in [0.5, 0.6) is 5.75 Å². The highest BCUT2D eigenvalue weighted by atomic mass is 32.2. The lowest BCUT2D eigenvalue weighted by Gasteiger charge is -2.15. The zero-order valence-corrected chi connectivity index (χ0v) is 17.0. The number of thioether (sulfide) groups is 1. The van der Waals surface area contributed by atoms with E-state index in [1.807, 2.05) is 34.9 Å². The normalized spacial score (nSPS) is 14.5. The van der Waals surface area contributed by atoms with Gasteiger partial charge in [0.15, 0.2) is 5.16 Å². The number of alkyl halides is 2. The number of para-hydroxylation sites is 3. The van der Waals surface area contributed by atoms with Gasteiger partial charge in [0.1, 0.15) is 11.6 Å². The van der Waals surface area contributed by atoms with Crippen LogP contribution in [0.15, 0.2) is 59.8 Å². The van der Waals surface area contributed by atoms with Gasteiger partial charge < -0.3 is 10.1 Å². The fourth-order valence-electron chi connectivity index (χ4n) is 3.00. The van der Waals surface area contributed by atoms with E-state index in [2.05, 4.69) is 20.3 Å². The van der Waals surface area contributed by atoms with Crippen LogP contribution in [0.2, 0.25) is 0 Å². The van der Waals surface area contributed by atoms with Gasteiger partial charge in [0.2, 0.25) is 5.91 Å². The van der Waals surface area contributed by atoms with Gasteiger partial charge in [0.05, 0.1) is 10.9 Å². The number of halogens is 2. The molecule has 1 atom stereocenters. The van der Waals surface area contributed by atoms with Gasteiger partial charge in [-0.05, 0) is 44.0 Å². The van der Waals surface area contributed by atoms with Gasteiger partial charge in [-0.25, -0.2) is 0 Å². The third-order valence-corrected chi connectivity index (χ3v) is 5.67. The molecule has 4 rings (SSSR count). The molecule has 0 bridgehead atoms. The first-order chi connectivity index (χ1) is 14.5. The number of hydrogen-bond donors (Lipinski definition) is 1. The van der Waals surface area contributed by atoms with Gasteiger partial charge in [-0.1, -0.05) is 42.1 Å². The number of aromatic nitrogens is 3. The Morgan fingerprint density at radius 1 is 1.13 bits per heavy atom. The number of hydrogen-bond acceptors (Lipinski definition) is 5. The van der Waals surface area contributed by atoms with E-state index < -0.39 is 11.9 Å². The summed E-state index contributed by atoms with van der Waals surface area (Å²) < 4.78 is 31.7. The summed E-state index contributed by atoms with van der Waals surface area (Å²) >= 11 is 1.27. The van der Waals surface area contributed by atoms with Crippen LogP contribution in [0.4, 0.5) is 14.5 Å². The Hall–Kier alpha value is -2.94. The maximum atomic E-state index is 12.7. The molecule has 3 aromatic rings. The summed E-state index contributed by atoms with van der Waals surface area (Å²) in [5, 5.41) is 11.4. The minimum absolute atomic E-state index is 0.0819. The summed E-state index contributed by atoms with van der Waals surface area (Å²) in [6, 6.07) is 15.9. The molecule has 1 unspecified atom stereocenters. The highest BCUT2D eigenvalue weighted by Gasteiger charge is 2.32. The molecule has 1 aliphatic carbocycles. The highest BCUT2D eigenvalue weighted by molar-refractivity contribution is 8.00. The molecule has 1 aliphatic rings. The van der Waals surface area contributed by atoms with Crippen molar-refractivity contribution in [2.24, 2.45) is 0 Å². The SMILES string of the molecule is CC(Sc1nnc(C2CC2)n1-c1ccccc1)C(=O)Nc1ccccc1OC(F)F. The van der Waals surface area contributed by atoms with E-state index in [4.69, 9.17) is 0 Å². The summed E-state index contributed by atoms with van der Waals surface area (Å²) in [7, 11) is 0. The molecule has 0 aliphatic heterocycles. The van der Waals surface area contributed by atoms with Gasteiger partial charge in [-0.3, -0.25) is 9.36 Å². The second-order valence-electron chi connectivity index (χ2n) is 6.91. The van der Waals surface area contributed by atoms with Crippen molar-refractivity contribution < 1.29 is 18.3 Å². The zero-order chi connectivity index (χ0) is 21.1. The summed E-state index contributed by atoms with van der Waals surface area (Å²) in [5.41, 5.74) is 1.13. The Morgan fingerprint density at radius 2 is 1.83 bits per heavy atom. The van der Waals surface area contributed by atoms with Crippen LogP contribution in [0.25, 0.3) is 5.69 Å². The average Bonchev–Trinajstić information content (AvgIpc) is 3.50. The van der Waals surface area contributed by atoms with Crippen LogP contribution >= 0.6 is 11.8 Å². The van der Waals surface area contributed by atoms with Crippen molar-refractivity contribution in [3.63, 3.8) is 0 Å². The average molecular weight is 430 g/mol. The predicted octanol–water partition coefficient (Wildman–Crippen LogP) is 4.87. The van der Waals surface area contributed by atoms with Crippen molar-refractivity contribution in [3.8, 4) is 11.4 Å². The number of anilines is 1. The van der Waals surface area contributed by atoms with E-state index in [0.29, 0.717) is 11.1 Å². The first kappa shape index (κ1) is 20.3. The fourth-order valence-corrected chi connectivity index (χ4v) is 3.87. The van der Waals surface area contributed by atoms with Gasteiger partial charge in [0.25, 0.3) is 0 Å². The van der Waals surface area contributed by atoms with Crippen molar-refractivity contribution in [2.75, 3.05) is 5.32 Å². The molecule has 30 heavy (non-hydrogen) atoms. The molecule has 1 saturated carbocycles. The molecule has 9 heteroatoms. The van der Waals surface area contributed by atoms with Gasteiger partial charge in [0, 0.05) is 11.6 Å². The van der Waals surface area contributed by atoms with E-state index in [1.54, 1.807) is 19.1 Å². The van der Waals surface area contributed by atoms with Crippen molar-refractivity contribution >= 4 is 23.4 Å². The molecule has 0 saturated heterocycles. The van der Waals surface area contributed by atoms with Gasteiger partial charge >= 0.3 is 6.61 Å². The molecular weight excluding hydrogens is 410 g/mol. The lowest BCUT2D eigenvalue weighted by atomic mass is 10.3. The van der Waals surface area contributed by atoms with Crippen LogP contribution in [0.3, 0.4) is 0 Å². The van der Waals surface area contributed by atoms with Crippen LogP contribution in [-0.2, 0) is 4.79 Å². The summed E-state index contributed by atoms with van der Waals surface area (Å²) in [4.78, 5) is 12.7. The first-order valence-corrected chi connectivity index (χ1v) is 10.4. The molecule has 2 aromatic carbocycles. The molecular formula is C21H20F2N4O2S. The quantitative estimate of drug-likeness (QED) is 0.517. The molecule has 1 heterocycles. The standard InChI is InChI=1S/C21H20F2N4O2S/c1-13(19(28)24-16-9-5-6-10-17(16)29-20(22)23)30-21-26-25-18(14-11-12-14)27(21)15-7-3-2-4-8-15/h2-10,13-14,20H,11-12H2,1H3,(H,24,28). The van der Waals surface area contributed by atoms with E-state index >= 15 is 0 Å². The topological polar surface area (TPSA) is 69.0 Å². The largest absolute Gasteiger partial charge is 0.433 e. The molecule has 0 spiro atoms. The van der Waals surface area contributed by atoms with Crippen molar-refractivity contribution in [3.05, 3.63) is 60.4 Å². The monoisotopic (exact) mass is 430 g/mol. The number of rotatable bonds is 8. The van der Waals surface area contributed by atoms with Crippen molar-refractivity contribution in [1.29, 1.82) is 0 Å². The van der Waals surface area contributed by atoms with E-state index in [1.165, 1.54) is 23.9 Å². The lowest BCUT2D eigenvalue weighted by molar-refractivity contribution is -0.115. The number of benzene rings is 2.